The van der Waals surface area contributed by atoms with E-state index in [9.17, 15) is 14.4 Å². The molecule has 2 aromatic rings. The quantitative estimate of drug-likeness (QED) is 0.134. The molecule has 6 heteroatoms. The number of hydrogen-bond donors (Lipinski definition) is 1. The van der Waals surface area contributed by atoms with Crippen LogP contribution in [0.15, 0.2) is 60.7 Å². The molecule has 0 aliphatic carbocycles. The average molecular weight is 510 g/mol. The van der Waals surface area contributed by atoms with Crippen molar-refractivity contribution in [2.75, 3.05) is 6.61 Å². The van der Waals surface area contributed by atoms with Gasteiger partial charge in [0.25, 0.3) is 0 Å². The molecule has 6 nitrogen and oxygen atoms in total. The molecule has 0 aromatic heterocycles. The maximum absolute atomic E-state index is 13.4. The van der Waals surface area contributed by atoms with Gasteiger partial charge in [-0.1, -0.05) is 119 Å². The molecule has 2 aromatic carbocycles. The van der Waals surface area contributed by atoms with Crippen LogP contribution in [0.4, 0.5) is 0 Å². The smallest absolute Gasteiger partial charge is 0.331 e. The SMILES string of the molecule is CCCCCCCCCCCC(=O)N[C@@H](C(=O)OCC)[C@@H](OCc1ccccc1)C(=O)c1ccccc1. The van der Waals surface area contributed by atoms with Crippen LogP contribution in [0.1, 0.15) is 94.0 Å². The Hall–Kier alpha value is -2.99. The Morgan fingerprint density at radius 3 is 1.92 bits per heavy atom. The number of benzene rings is 2. The first kappa shape index (κ1) is 30.2. The molecule has 202 valence electrons. The lowest BCUT2D eigenvalue weighted by Gasteiger charge is -2.26. The summed E-state index contributed by atoms with van der Waals surface area (Å²) in [5, 5.41) is 2.75. The molecule has 0 unspecified atom stereocenters. The van der Waals surface area contributed by atoms with Gasteiger partial charge in [-0.05, 0) is 18.9 Å². The van der Waals surface area contributed by atoms with E-state index in [-0.39, 0.29) is 31.3 Å². The predicted octanol–water partition coefficient (Wildman–Crippen LogP) is 6.42. The van der Waals surface area contributed by atoms with Crippen LogP contribution in [0.2, 0.25) is 0 Å². The maximum atomic E-state index is 13.4. The highest BCUT2D eigenvalue weighted by molar-refractivity contribution is 6.03. The van der Waals surface area contributed by atoms with Gasteiger partial charge in [-0.25, -0.2) is 4.79 Å². The van der Waals surface area contributed by atoms with E-state index in [0.717, 1.165) is 24.8 Å². The fraction of sp³-hybridized carbons (Fsp3) is 0.516. The first-order valence-corrected chi connectivity index (χ1v) is 13.8. The third-order valence-electron chi connectivity index (χ3n) is 6.26. The van der Waals surface area contributed by atoms with Crippen molar-refractivity contribution in [1.29, 1.82) is 0 Å². The molecule has 0 spiro atoms. The number of carbonyl (C=O) groups is 3. The van der Waals surface area contributed by atoms with Crippen LogP contribution in [0.3, 0.4) is 0 Å². The maximum Gasteiger partial charge on any atom is 0.331 e. The highest BCUT2D eigenvalue weighted by Gasteiger charge is 2.37. The van der Waals surface area contributed by atoms with Gasteiger partial charge in [0.05, 0.1) is 13.2 Å². The van der Waals surface area contributed by atoms with Gasteiger partial charge in [-0.2, -0.15) is 0 Å². The number of rotatable bonds is 19. The molecule has 0 heterocycles. The Morgan fingerprint density at radius 1 is 0.757 bits per heavy atom. The molecule has 0 saturated carbocycles. The summed E-state index contributed by atoms with van der Waals surface area (Å²) >= 11 is 0. The second-order valence-electron chi connectivity index (χ2n) is 9.32. The number of carbonyl (C=O) groups excluding carboxylic acids is 3. The summed E-state index contributed by atoms with van der Waals surface area (Å²) in [6.07, 6.45) is 9.39. The van der Waals surface area contributed by atoms with Crippen LogP contribution >= 0.6 is 0 Å². The summed E-state index contributed by atoms with van der Waals surface area (Å²) in [6.45, 7) is 4.16. The largest absolute Gasteiger partial charge is 0.464 e. The van der Waals surface area contributed by atoms with Gasteiger partial charge in [0.2, 0.25) is 5.91 Å². The Kier molecular flexibility index (Phi) is 14.9. The van der Waals surface area contributed by atoms with Crippen LogP contribution < -0.4 is 5.32 Å². The zero-order chi connectivity index (χ0) is 26.7. The van der Waals surface area contributed by atoms with Crippen LogP contribution in [0, 0.1) is 0 Å². The molecular formula is C31H43NO5. The molecule has 0 saturated heterocycles. The first-order valence-electron chi connectivity index (χ1n) is 13.8. The number of hydrogen-bond acceptors (Lipinski definition) is 5. The van der Waals surface area contributed by atoms with Crippen molar-refractivity contribution < 1.29 is 23.9 Å². The van der Waals surface area contributed by atoms with Crippen molar-refractivity contribution in [3.63, 3.8) is 0 Å². The van der Waals surface area contributed by atoms with E-state index < -0.39 is 18.1 Å². The normalized spacial score (nSPS) is 12.5. The Labute approximate surface area is 222 Å². The summed E-state index contributed by atoms with van der Waals surface area (Å²) in [5.74, 6) is -1.33. The van der Waals surface area contributed by atoms with Gasteiger partial charge in [-0.3, -0.25) is 9.59 Å². The van der Waals surface area contributed by atoms with Crippen molar-refractivity contribution in [3.8, 4) is 0 Å². The van der Waals surface area contributed by atoms with Crippen LogP contribution in [-0.2, 0) is 25.7 Å². The van der Waals surface area contributed by atoms with Gasteiger partial charge in [0, 0.05) is 12.0 Å². The fourth-order valence-corrected chi connectivity index (χ4v) is 4.18. The zero-order valence-electron chi connectivity index (χ0n) is 22.5. The molecule has 0 aliphatic rings. The van der Waals surface area contributed by atoms with Gasteiger partial charge in [0.1, 0.15) is 0 Å². The third kappa shape index (κ3) is 11.7. The lowest BCUT2D eigenvalue weighted by Crippen LogP contribution is -2.53. The van der Waals surface area contributed by atoms with Crippen molar-refractivity contribution in [2.45, 2.75) is 96.8 Å². The lowest BCUT2D eigenvalue weighted by atomic mass is 9.99. The lowest BCUT2D eigenvalue weighted by molar-refractivity contribution is -0.151. The van der Waals surface area contributed by atoms with E-state index in [2.05, 4.69) is 12.2 Å². The predicted molar refractivity (Wildman–Crippen MR) is 146 cm³/mol. The summed E-state index contributed by atoms with van der Waals surface area (Å²) in [6, 6.07) is 16.8. The zero-order valence-corrected chi connectivity index (χ0v) is 22.5. The van der Waals surface area contributed by atoms with E-state index in [1.165, 1.54) is 38.5 Å². The molecule has 0 bridgehead atoms. The molecule has 1 N–H and O–H groups in total. The number of nitrogens with one attached hydrogen (secondary N) is 1. The Bertz CT molecular complexity index is 916. The molecular weight excluding hydrogens is 466 g/mol. The van der Waals surface area contributed by atoms with E-state index in [4.69, 9.17) is 9.47 Å². The Morgan fingerprint density at radius 2 is 1.32 bits per heavy atom. The standard InChI is InChI=1S/C31H43NO5/c1-3-5-6-7-8-9-10-11-18-23-27(33)32-28(31(35)36-4-2)30(29(34)26-21-16-13-17-22-26)37-24-25-19-14-12-15-20-25/h12-17,19-22,28,30H,3-11,18,23-24H2,1-2H3,(H,32,33)/t28-,30-/m1/s1. The summed E-state index contributed by atoms with van der Waals surface area (Å²) < 4.78 is 11.2. The van der Waals surface area contributed by atoms with E-state index >= 15 is 0 Å². The molecule has 0 fully saturated rings. The van der Waals surface area contributed by atoms with Crippen molar-refractivity contribution in [3.05, 3.63) is 71.8 Å². The van der Waals surface area contributed by atoms with Crippen LogP contribution in [0.25, 0.3) is 0 Å². The molecule has 37 heavy (non-hydrogen) atoms. The molecule has 0 aliphatic heterocycles. The molecule has 0 radical (unpaired) electrons. The Balaban J connectivity index is 2.02. The highest BCUT2D eigenvalue weighted by atomic mass is 16.5. The second kappa shape index (κ2) is 18.3. The van der Waals surface area contributed by atoms with Crippen molar-refractivity contribution >= 4 is 17.7 Å². The minimum Gasteiger partial charge on any atom is -0.464 e. The number of unbranched alkanes of at least 4 members (excludes halogenated alkanes) is 8. The number of ketones is 1. The summed E-state index contributed by atoms with van der Waals surface area (Å²) in [4.78, 5) is 39.2. The number of esters is 1. The highest BCUT2D eigenvalue weighted by Crippen LogP contribution is 2.16. The van der Waals surface area contributed by atoms with Crippen LogP contribution in [0.5, 0.6) is 0 Å². The number of Topliss-reactive ketones (excluding diaryl/α,β-unsaturated/α-hetero) is 1. The molecule has 2 atom stereocenters. The van der Waals surface area contributed by atoms with Crippen molar-refractivity contribution in [1.82, 2.24) is 5.32 Å². The fourth-order valence-electron chi connectivity index (χ4n) is 4.18. The van der Waals surface area contributed by atoms with E-state index in [1.54, 1.807) is 31.2 Å². The third-order valence-corrected chi connectivity index (χ3v) is 6.26. The average Bonchev–Trinajstić information content (AvgIpc) is 2.92. The first-order chi connectivity index (χ1) is 18.1. The topological polar surface area (TPSA) is 81.7 Å². The van der Waals surface area contributed by atoms with Gasteiger partial charge in [-0.15, -0.1) is 0 Å². The number of ether oxygens (including phenoxy) is 2. The molecule has 2 rings (SSSR count). The van der Waals surface area contributed by atoms with Gasteiger partial charge < -0.3 is 14.8 Å². The van der Waals surface area contributed by atoms with E-state index in [1.807, 2.05) is 36.4 Å². The monoisotopic (exact) mass is 509 g/mol. The minimum absolute atomic E-state index is 0.119. The summed E-state index contributed by atoms with van der Waals surface area (Å²) in [7, 11) is 0. The summed E-state index contributed by atoms with van der Waals surface area (Å²) in [5.41, 5.74) is 1.26. The molecule has 1 amide bonds. The minimum atomic E-state index is -1.23. The van der Waals surface area contributed by atoms with Crippen LogP contribution in [-0.4, -0.2) is 36.4 Å². The second-order valence-corrected chi connectivity index (χ2v) is 9.32. The number of amides is 1. The van der Waals surface area contributed by atoms with Gasteiger partial charge >= 0.3 is 5.97 Å². The van der Waals surface area contributed by atoms with Crippen molar-refractivity contribution in [2.24, 2.45) is 0 Å². The van der Waals surface area contributed by atoms with Gasteiger partial charge in [0.15, 0.2) is 17.9 Å². The van der Waals surface area contributed by atoms with E-state index in [0.29, 0.717) is 5.56 Å².